The molecular weight excluding hydrogens is 248 g/mol. The zero-order valence-corrected chi connectivity index (χ0v) is 12.8. The highest BCUT2D eigenvalue weighted by atomic mass is 15.3. The van der Waals surface area contributed by atoms with Crippen LogP contribution in [0.15, 0.2) is 6.07 Å². The molecule has 1 aromatic rings. The second-order valence-electron chi connectivity index (χ2n) is 6.56. The second kappa shape index (κ2) is 6.72. The third-order valence-corrected chi connectivity index (χ3v) is 4.78. The molecule has 2 heterocycles. The van der Waals surface area contributed by atoms with Crippen molar-refractivity contribution in [3.63, 3.8) is 0 Å². The zero-order chi connectivity index (χ0) is 13.8. The normalized spacial score (nSPS) is 19.7. The third kappa shape index (κ3) is 3.61. The van der Waals surface area contributed by atoms with Gasteiger partial charge in [-0.15, -0.1) is 0 Å². The summed E-state index contributed by atoms with van der Waals surface area (Å²) in [5.74, 6) is 1.02. The molecule has 4 heteroatoms. The van der Waals surface area contributed by atoms with Gasteiger partial charge < -0.3 is 10.2 Å². The van der Waals surface area contributed by atoms with Crippen molar-refractivity contribution in [2.24, 2.45) is 5.92 Å². The third-order valence-electron chi connectivity index (χ3n) is 4.78. The van der Waals surface area contributed by atoms with Crippen LogP contribution in [0, 0.1) is 5.92 Å². The Hall–Kier alpha value is -0.870. The van der Waals surface area contributed by atoms with Crippen LogP contribution in [0.3, 0.4) is 0 Å². The van der Waals surface area contributed by atoms with Crippen molar-refractivity contribution in [2.45, 2.75) is 58.2 Å². The van der Waals surface area contributed by atoms with Gasteiger partial charge in [0.2, 0.25) is 0 Å². The first-order chi connectivity index (χ1) is 9.81. The first-order valence-corrected chi connectivity index (χ1v) is 8.26. The van der Waals surface area contributed by atoms with Crippen molar-refractivity contribution >= 4 is 0 Å². The van der Waals surface area contributed by atoms with E-state index in [4.69, 9.17) is 5.10 Å². The van der Waals surface area contributed by atoms with Crippen molar-refractivity contribution in [2.75, 3.05) is 20.1 Å². The average Bonchev–Trinajstić information content (AvgIpc) is 3.06. The van der Waals surface area contributed by atoms with Gasteiger partial charge in [-0.25, -0.2) is 0 Å². The van der Waals surface area contributed by atoms with Gasteiger partial charge >= 0.3 is 0 Å². The lowest BCUT2D eigenvalue weighted by atomic mass is 10.0. The van der Waals surface area contributed by atoms with Gasteiger partial charge in [-0.2, -0.15) is 5.10 Å². The maximum atomic E-state index is 4.71. The summed E-state index contributed by atoms with van der Waals surface area (Å²) in [6.07, 6.45) is 8.66. The fourth-order valence-electron chi connectivity index (χ4n) is 3.63. The number of rotatable bonds is 6. The van der Waals surface area contributed by atoms with Gasteiger partial charge in [0.15, 0.2) is 0 Å². The summed E-state index contributed by atoms with van der Waals surface area (Å²) in [7, 11) is 2.23. The average molecular weight is 276 g/mol. The van der Waals surface area contributed by atoms with E-state index in [-0.39, 0.29) is 0 Å². The first-order valence-electron chi connectivity index (χ1n) is 8.26. The molecule has 0 aromatic carbocycles. The van der Waals surface area contributed by atoms with Gasteiger partial charge in [-0.05, 0) is 38.4 Å². The smallest absolute Gasteiger partial charge is 0.0768 e. The fourth-order valence-corrected chi connectivity index (χ4v) is 3.63. The van der Waals surface area contributed by atoms with Crippen molar-refractivity contribution in [3.8, 4) is 0 Å². The minimum Gasteiger partial charge on any atom is -0.309 e. The standard InChI is InChI=1S/C16H28N4/c1-19(9-4-7-14-5-2-3-6-14)13-15-11-16-12-17-8-10-20(16)18-15/h11,14,17H,2-10,12-13H2,1H3. The van der Waals surface area contributed by atoms with E-state index in [9.17, 15) is 0 Å². The molecule has 1 saturated carbocycles. The topological polar surface area (TPSA) is 33.1 Å². The van der Waals surface area contributed by atoms with E-state index in [1.54, 1.807) is 0 Å². The highest BCUT2D eigenvalue weighted by Gasteiger charge is 2.15. The molecule has 20 heavy (non-hydrogen) atoms. The molecule has 1 fully saturated rings. The Labute approximate surface area is 122 Å². The molecule has 0 spiro atoms. The lowest BCUT2D eigenvalue weighted by Crippen LogP contribution is -2.28. The Kier molecular flexibility index (Phi) is 4.73. The number of hydrogen-bond donors (Lipinski definition) is 1. The Morgan fingerprint density at radius 1 is 1.40 bits per heavy atom. The van der Waals surface area contributed by atoms with E-state index in [2.05, 4.69) is 28.0 Å². The summed E-state index contributed by atoms with van der Waals surface area (Å²) in [6.45, 7) is 5.23. The van der Waals surface area contributed by atoms with Crippen molar-refractivity contribution < 1.29 is 0 Å². The summed E-state index contributed by atoms with van der Waals surface area (Å²) in [5.41, 5.74) is 2.57. The summed E-state index contributed by atoms with van der Waals surface area (Å²) < 4.78 is 2.16. The number of nitrogens with zero attached hydrogens (tertiary/aromatic N) is 3. The van der Waals surface area contributed by atoms with Crippen LogP contribution in [0.4, 0.5) is 0 Å². The molecule has 0 bridgehead atoms. The largest absolute Gasteiger partial charge is 0.309 e. The Bertz CT molecular complexity index is 397. The minimum atomic E-state index is 0.971. The predicted octanol–water partition coefficient (Wildman–Crippen LogP) is 2.39. The molecule has 1 aromatic heterocycles. The number of fused-ring (bicyclic) bond motifs is 1. The summed E-state index contributed by atoms with van der Waals surface area (Å²) in [6, 6.07) is 2.26. The van der Waals surface area contributed by atoms with Crippen LogP contribution in [0.5, 0.6) is 0 Å². The molecule has 0 saturated heterocycles. The summed E-state index contributed by atoms with van der Waals surface area (Å²) in [4.78, 5) is 2.43. The maximum absolute atomic E-state index is 4.71. The van der Waals surface area contributed by atoms with Gasteiger partial charge in [-0.1, -0.05) is 25.7 Å². The van der Waals surface area contributed by atoms with Crippen LogP contribution >= 0.6 is 0 Å². The van der Waals surface area contributed by atoms with Crippen LogP contribution in [0.1, 0.15) is 49.9 Å². The van der Waals surface area contributed by atoms with E-state index in [1.807, 2.05) is 0 Å². The molecule has 0 radical (unpaired) electrons. The van der Waals surface area contributed by atoms with E-state index in [0.29, 0.717) is 0 Å². The lowest BCUT2D eigenvalue weighted by Gasteiger charge is -2.16. The SMILES string of the molecule is CN(CCCC1CCCC1)Cc1cc2n(n1)CCNC2. The lowest BCUT2D eigenvalue weighted by molar-refractivity contribution is 0.301. The molecule has 3 rings (SSSR count). The minimum absolute atomic E-state index is 0.971. The zero-order valence-electron chi connectivity index (χ0n) is 12.8. The monoisotopic (exact) mass is 276 g/mol. The van der Waals surface area contributed by atoms with E-state index in [0.717, 1.165) is 32.1 Å². The predicted molar refractivity (Wildman–Crippen MR) is 81.5 cm³/mol. The maximum Gasteiger partial charge on any atom is 0.0768 e. The van der Waals surface area contributed by atoms with Gasteiger partial charge in [0, 0.05) is 19.6 Å². The molecule has 1 aliphatic carbocycles. The molecular formula is C16H28N4. The van der Waals surface area contributed by atoms with Gasteiger partial charge in [0.1, 0.15) is 0 Å². The fraction of sp³-hybridized carbons (Fsp3) is 0.812. The van der Waals surface area contributed by atoms with E-state index in [1.165, 1.54) is 56.5 Å². The number of aromatic nitrogens is 2. The highest BCUT2D eigenvalue weighted by Crippen LogP contribution is 2.28. The summed E-state index contributed by atoms with van der Waals surface area (Å²) >= 11 is 0. The van der Waals surface area contributed by atoms with Crippen LogP contribution in [0.25, 0.3) is 0 Å². The van der Waals surface area contributed by atoms with Crippen molar-refractivity contribution in [1.29, 1.82) is 0 Å². The molecule has 0 atom stereocenters. The molecule has 0 unspecified atom stereocenters. The number of nitrogens with one attached hydrogen (secondary N) is 1. The number of hydrogen-bond acceptors (Lipinski definition) is 3. The van der Waals surface area contributed by atoms with Crippen LogP contribution in [0.2, 0.25) is 0 Å². The first kappa shape index (κ1) is 14.1. The van der Waals surface area contributed by atoms with Crippen LogP contribution in [-0.4, -0.2) is 34.8 Å². The van der Waals surface area contributed by atoms with Crippen LogP contribution < -0.4 is 5.32 Å². The van der Waals surface area contributed by atoms with Gasteiger partial charge in [-0.3, -0.25) is 4.68 Å². The Morgan fingerprint density at radius 2 is 2.25 bits per heavy atom. The van der Waals surface area contributed by atoms with E-state index < -0.39 is 0 Å². The Balaban J connectivity index is 1.41. The molecule has 4 nitrogen and oxygen atoms in total. The molecule has 1 aliphatic heterocycles. The second-order valence-corrected chi connectivity index (χ2v) is 6.56. The van der Waals surface area contributed by atoms with Crippen molar-refractivity contribution in [1.82, 2.24) is 20.0 Å². The van der Waals surface area contributed by atoms with Crippen molar-refractivity contribution in [3.05, 3.63) is 17.5 Å². The van der Waals surface area contributed by atoms with E-state index >= 15 is 0 Å². The van der Waals surface area contributed by atoms with Crippen LogP contribution in [-0.2, 0) is 19.6 Å². The highest BCUT2D eigenvalue weighted by molar-refractivity contribution is 5.11. The molecule has 2 aliphatic rings. The molecule has 1 N–H and O–H groups in total. The molecule has 0 amide bonds. The van der Waals surface area contributed by atoms with Gasteiger partial charge in [0.05, 0.1) is 17.9 Å². The Morgan fingerprint density at radius 3 is 3.05 bits per heavy atom. The molecule has 112 valence electrons. The van der Waals surface area contributed by atoms with Gasteiger partial charge in [0.25, 0.3) is 0 Å². The summed E-state index contributed by atoms with van der Waals surface area (Å²) in [5, 5.41) is 8.11. The quantitative estimate of drug-likeness (QED) is 0.866.